The van der Waals surface area contributed by atoms with Gasteiger partial charge in [0.25, 0.3) is 11.9 Å². The molecule has 1 saturated heterocycles. The number of ether oxygens (including phenoxy) is 1. The molecule has 32 heavy (non-hydrogen) atoms. The smallest absolute Gasteiger partial charge is 0.290 e. The second kappa shape index (κ2) is 9.74. The van der Waals surface area contributed by atoms with E-state index in [-0.39, 0.29) is 35.6 Å². The van der Waals surface area contributed by atoms with Crippen LogP contribution < -0.4 is 4.74 Å². The van der Waals surface area contributed by atoms with Crippen LogP contribution in [0, 0.1) is 11.6 Å². The molecule has 0 aliphatic carbocycles. The standard InChI is InChI=1S/C24H22F2N2O4/c25-18-6-7-21(19(26)16-18)31-23-9-8-22(32-23)20(29)10-11-27-12-14-28(15-13-27)24(30)17-4-2-1-3-5-17/h1-9,16H,10-15H2. The van der Waals surface area contributed by atoms with Crippen molar-refractivity contribution in [2.45, 2.75) is 6.42 Å². The van der Waals surface area contributed by atoms with Crippen molar-refractivity contribution in [3.8, 4) is 11.7 Å². The van der Waals surface area contributed by atoms with Gasteiger partial charge in [0, 0.05) is 56.8 Å². The average Bonchev–Trinajstić information content (AvgIpc) is 3.28. The van der Waals surface area contributed by atoms with E-state index in [1.54, 1.807) is 12.1 Å². The highest BCUT2D eigenvalue weighted by Crippen LogP contribution is 2.27. The van der Waals surface area contributed by atoms with Crippen LogP contribution in [0.15, 0.2) is 65.1 Å². The van der Waals surface area contributed by atoms with Crippen LogP contribution in [0.25, 0.3) is 0 Å². The van der Waals surface area contributed by atoms with Crippen LogP contribution in [0.1, 0.15) is 27.3 Å². The Morgan fingerprint density at radius 1 is 0.938 bits per heavy atom. The summed E-state index contributed by atoms with van der Waals surface area (Å²) in [5.74, 6) is -1.89. The van der Waals surface area contributed by atoms with E-state index in [0.29, 0.717) is 44.4 Å². The molecule has 0 N–H and O–H groups in total. The first kappa shape index (κ1) is 21.7. The zero-order chi connectivity index (χ0) is 22.5. The molecule has 0 unspecified atom stereocenters. The number of amides is 1. The van der Waals surface area contributed by atoms with Gasteiger partial charge in [-0.3, -0.25) is 14.5 Å². The zero-order valence-electron chi connectivity index (χ0n) is 17.3. The summed E-state index contributed by atoms with van der Waals surface area (Å²) in [5, 5.41) is 0. The van der Waals surface area contributed by atoms with E-state index in [9.17, 15) is 18.4 Å². The SMILES string of the molecule is O=C(CCN1CCN(C(=O)c2ccccc2)CC1)c1ccc(Oc2ccc(F)cc2F)o1. The van der Waals surface area contributed by atoms with Gasteiger partial charge in [0.1, 0.15) is 5.82 Å². The molecular formula is C24H22F2N2O4. The van der Waals surface area contributed by atoms with Gasteiger partial charge in [0.05, 0.1) is 0 Å². The number of benzene rings is 2. The molecule has 0 bridgehead atoms. The second-order valence-electron chi connectivity index (χ2n) is 7.47. The largest absolute Gasteiger partial charge is 0.423 e. The lowest BCUT2D eigenvalue weighted by molar-refractivity contribution is 0.0627. The molecule has 3 aromatic rings. The third-order valence-electron chi connectivity index (χ3n) is 5.30. The Morgan fingerprint density at radius 2 is 1.69 bits per heavy atom. The number of carbonyl (C=O) groups excluding carboxylic acids is 2. The summed E-state index contributed by atoms with van der Waals surface area (Å²) in [7, 11) is 0. The molecule has 0 saturated carbocycles. The van der Waals surface area contributed by atoms with E-state index >= 15 is 0 Å². The Hall–Kier alpha value is -3.52. The first-order chi connectivity index (χ1) is 15.5. The third-order valence-corrected chi connectivity index (χ3v) is 5.30. The summed E-state index contributed by atoms with van der Waals surface area (Å²) in [4.78, 5) is 28.9. The first-order valence-corrected chi connectivity index (χ1v) is 10.3. The molecule has 0 spiro atoms. The predicted molar refractivity (Wildman–Crippen MR) is 113 cm³/mol. The molecule has 2 heterocycles. The lowest BCUT2D eigenvalue weighted by Gasteiger charge is -2.34. The van der Waals surface area contributed by atoms with Crippen LogP contribution in [0.2, 0.25) is 0 Å². The van der Waals surface area contributed by atoms with Gasteiger partial charge < -0.3 is 14.1 Å². The van der Waals surface area contributed by atoms with Crippen molar-refractivity contribution < 1.29 is 27.5 Å². The minimum atomic E-state index is -0.862. The van der Waals surface area contributed by atoms with Gasteiger partial charge in [-0.15, -0.1) is 0 Å². The molecule has 2 aromatic carbocycles. The minimum absolute atomic E-state index is 0.0158. The van der Waals surface area contributed by atoms with Gasteiger partial charge in [-0.05, 0) is 30.3 Å². The van der Waals surface area contributed by atoms with Crippen molar-refractivity contribution in [3.63, 3.8) is 0 Å². The molecular weight excluding hydrogens is 418 g/mol. The predicted octanol–water partition coefficient (Wildman–Crippen LogP) is 4.38. The van der Waals surface area contributed by atoms with Crippen molar-refractivity contribution in [1.82, 2.24) is 9.80 Å². The fraction of sp³-hybridized carbons (Fsp3) is 0.250. The molecule has 166 valence electrons. The van der Waals surface area contributed by atoms with Gasteiger partial charge >= 0.3 is 0 Å². The van der Waals surface area contributed by atoms with Crippen LogP contribution >= 0.6 is 0 Å². The molecule has 1 aromatic heterocycles. The number of hydrogen-bond donors (Lipinski definition) is 0. The molecule has 8 heteroatoms. The number of furan rings is 1. The lowest BCUT2D eigenvalue weighted by Crippen LogP contribution is -2.49. The Morgan fingerprint density at radius 3 is 2.41 bits per heavy atom. The monoisotopic (exact) mass is 440 g/mol. The summed E-state index contributed by atoms with van der Waals surface area (Å²) in [5.41, 5.74) is 0.674. The summed E-state index contributed by atoms with van der Waals surface area (Å²) < 4.78 is 37.3. The number of carbonyl (C=O) groups is 2. The number of ketones is 1. The van der Waals surface area contributed by atoms with E-state index < -0.39 is 11.6 Å². The van der Waals surface area contributed by atoms with Crippen molar-refractivity contribution in [1.29, 1.82) is 0 Å². The Kier molecular flexibility index (Phi) is 6.61. The lowest BCUT2D eigenvalue weighted by atomic mass is 10.1. The highest BCUT2D eigenvalue weighted by Gasteiger charge is 2.23. The average molecular weight is 440 g/mol. The molecule has 1 amide bonds. The quantitative estimate of drug-likeness (QED) is 0.510. The topological polar surface area (TPSA) is 63.0 Å². The number of halogens is 2. The van der Waals surface area contributed by atoms with Gasteiger partial charge in [-0.1, -0.05) is 18.2 Å². The molecule has 4 rings (SSSR count). The fourth-order valence-corrected chi connectivity index (χ4v) is 3.51. The molecule has 0 atom stereocenters. The Bertz CT molecular complexity index is 1090. The van der Waals surface area contributed by atoms with Gasteiger partial charge in [0.15, 0.2) is 23.1 Å². The van der Waals surface area contributed by atoms with E-state index in [4.69, 9.17) is 9.15 Å². The van der Waals surface area contributed by atoms with Crippen LogP contribution in [0.5, 0.6) is 11.7 Å². The highest BCUT2D eigenvalue weighted by molar-refractivity contribution is 5.94. The van der Waals surface area contributed by atoms with Crippen molar-refractivity contribution in [3.05, 3.63) is 83.6 Å². The number of Topliss-reactive ketones (excluding diaryl/α,β-unsaturated/α-hetero) is 1. The van der Waals surface area contributed by atoms with Crippen LogP contribution in [-0.4, -0.2) is 54.2 Å². The summed E-state index contributed by atoms with van der Waals surface area (Å²) in [6.45, 7) is 3.11. The maximum atomic E-state index is 13.7. The molecule has 6 nitrogen and oxygen atoms in total. The summed E-state index contributed by atoms with van der Waals surface area (Å²) in [6, 6.07) is 15.0. The highest BCUT2D eigenvalue weighted by atomic mass is 19.1. The van der Waals surface area contributed by atoms with E-state index in [2.05, 4.69) is 4.90 Å². The summed E-state index contributed by atoms with van der Waals surface area (Å²) >= 11 is 0. The van der Waals surface area contributed by atoms with Crippen molar-refractivity contribution in [2.75, 3.05) is 32.7 Å². The number of rotatable bonds is 7. The normalized spacial score (nSPS) is 14.4. The minimum Gasteiger partial charge on any atom is -0.423 e. The summed E-state index contributed by atoms with van der Waals surface area (Å²) in [6.07, 6.45) is 0.241. The van der Waals surface area contributed by atoms with Gasteiger partial charge in [-0.2, -0.15) is 0 Å². The number of nitrogens with zero attached hydrogens (tertiary/aromatic N) is 2. The number of piperazine rings is 1. The zero-order valence-corrected chi connectivity index (χ0v) is 17.3. The van der Waals surface area contributed by atoms with Crippen LogP contribution in [-0.2, 0) is 0 Å². The second-order valence-corrected chi connectivity index (χ2v) is 7.47. The van der Waals surface area contributed by atoms with Crippen molar-refractivity contribution >= 4 is 11.7 Å². The first-order valence-electron chi connectivity index (χ1n) is 10.3. The van der Waals surface area contributed by atoms with E-state index in [1.807, 2.05) is 23.1 Å². The van der Waals surface area contributed by atoms with Crippen LogP contribution in [0.3, 0.4) is 0 Å². The van der Waals surface area contributed by atoms with Gasteiger partial charge in [-0.25, -0.2) is 8.78 Å². The maximum absolute atomic E-state index is 13.7. The van der Waals surface area contributed by atoms with Gasteiger partial charge in [0.2, 0.25) is 0 Å². The van der Waals surface area contributed by atoms with E-state index in [1.165, 1.54) is 12.1 Å². The Balaban J connectivity index is 1.25. The van der Waals surface area contributed by atoms with Crippen LogP contribution in [0.4, 0.5) is 8.78 Å². The number of hydrogen-bond acceptors (Lipinski definition) is 5. The third kappa shape index (κ3) is 5.20. The van der Waals surface area contributed by atoms with Crippen molar-refractivity contribution in [2.24, 2.45) is 0 Å². The molecule has 1 aliphatic rings. The fourth-order valence-electron chi connectivity index (χ4n) is 3.51. The Labute approximate surface area is 184 Å². The molecule has 1 fully saturated rings. The molecule has 0 radical (unpaired) electrons. The molecule has 1 aliphatic heterocycles. The maximum Gasteiger partial charge on any atom is 0.290 e. The van der Waals surface area contributed by atoms with E-state index in [0.717, 1.165) is 12.1 Å².